The van der Waals surface area contributed by atoms with Gasteiger partial charge in [0.05, 0.1) is 29.3 Å². The number of hydrogen-bond acceptors (Lipinski definition) is 6. The smallest absolute Gasteiger partial charge is 0.260 e. The van der Waals surface area contributed by atoms with Crippen molar-refractivity contribution in [1.29, 1.82) is 0 Å². The topological polar surface area (TPSA) is 84.2 Å². The summed E-state index contributed by atoms with van der Waals surface area (Å²) in [6.45, 7) is 5.79. The molecule has 130 valence electrons. The van der Waals surface area contributed by atoms with Crippen molar-refractivity contribution in [3.8, 4) is 0 Å². The predicted molar refractivity (Wildman–Crippen MR) is 93.7 cm³/mol. The average molecular weight is 340 g/mol. The van der Waals surface area contributed by atoms with Crippen LogP contribution in [0.3, 0.4) is 0 Å². The molecule has 1 aliphatic heterocycles. The quantitative estimate of drug-likeness (QED) is 0.785. The standard InChI is InChI=1S/C18H20N4O3/c1-11-15(12(2)25-21-11)10-24-13-7-8-22(9-13)18-19-16-6-4-3-5-14(16)17(23)20-18/h3-6,13H,7-10H2,1-2H3,(H,19,20,23). The van der Waals surface area contributed by atoms with E-state index in [0.29, 0.717) is 30.0 Å². The Hall–Kier alpha value is -2.67. The fourth-order valence-corrected chi connectivity index (χ4v) is 3.19. The third-order valence-electron chi connectivity index (χ3n) is 4.69. The zero-order chi connectivity index (χ0) is 17.4. The summed E-state index contributed by atoms with van der Waals surface area (Å²) in [5, 5.41) is 4.56. The van der Waals surface area contributed by atoms with E-state index in [1.807, 2.05) is 32.0 Å². The van der Waals surface area contributed by atoms with Gasteiger partial charge < -0.3 is 14.2 Å². The molecule has 2 aromatic heterocycles. The lowest BCUT2D eigenvalue weighted by atomic mass is 10.2. The van der Waals surface area contributed by atoms with Crippen LogP contribution >= 0.6 is 0 Å². The van der Waals surface area contributed by atoms with E-state index < -0.39 is 0 Å². The molecule has 1 N–H and O–H groups in total. The van der Waals surface area contributed by atoms with Crippen LogP contribution in [0.5, 0.6) is 0 Å². The number of hydrogen-bond donors (Lipinski definition) is 1. The molecule has 3 aromatic rings. The molecule has 1 saturated heterocycles. The van der Waals surface area contributed by atoms with Gasteiger partial charge in [0.15, 0.2) is 0 Å². The summed E-state index contributed by atoms with van der Waals surface area (Å²) in [6, 6.07) is 7.37. The van der Waals surface area contributed by atoms with Crippen molar-refractivity contribution < 1.29 is 9.26 Å². The minimum atomic E-state index is -0.110. The van der Waals surface area contributed by atoms with E-state index in [-0.39, 0.29) is 11.7 Å². The van der Waals surface area contributed by atoms with E-state index in [4.69, 9.17) is 9.26 Å². The first-order chi connectivity index (χ1) is 12.1. The monoisotopic (exact) mass is 340 g/mol. The molecule has 0 amide bonds. The first kappa shape index (κ1) is 15.8. The largest absolute Gasteiger partial charge is 0.371 e. The van der Waals surface area contributed by atoms with Gasteiger partial charge in [-0.1, -0.05) is 17.3 Å². The second-order valence-electron chi connectivity index (χ2n) is 6.38. The van der Waals surface area contributed by atoms with Crippen molar-refractivity contribution in [2.75, 3.05) is 18.0 Å². The highest BCUT2D eigenvalue weighted by atomic mass is 16.5. The van der Waals surface area contributed by atoms with Crippen molar-refractivity contribution in [1.82, 2.24) is 15.1 Å². The van der Waals surface area contributed by atoms with Crippen molar-refractivity contribution in [3.63, 3.8) is 0 Å². The van der Waals surface area contributed by atoms with Gasteiger partial charge in [-0.05, 0) is 32.4 Å². The van der Waals surface area contributed by atoms with Gasteiger partial charge in [-0.15, -0.1) is 0 Å². The Balaban J connectivity index is 1.46. The number of aromatic nitrogens is 3. The van der Waals surface area contributed by atoms with Crippen LogP contribution < -0.4 is 10.5 Å². The number of para-hydroxylation sites is 1. The molecule has 4 rings (SSSR count). The van der Waals surface area contributed by atoms with E-state index in [0.717, 1.165) is 30.0 Å². The molecule has 1 aliphatic rings. The normalized spacial score (nSPS) is 17.5. The van der Waals surface area contributed by atoms with Crippen LogP contribution in [0.15, 0.2) is 33.6 Å². The molecule has 7 nitrogen and oxygen atoms in total. The minimum Gasteiger partial charge on any atom is -0.371 e. The fourth-order valence-electron chi connectivity index (χ4n) is 3.19. The number of anilines is 1. The van der Waals surface area contributed by atoms with Crippen LogP contribution in [0.4, 0.5) is 5.95 Å². The SMILES string of the molecule is Cc1noc(C)c1COC1CCN(c2nc3ccccc3c(=O)[nH]2)C1. The Kier molecular flexibility index (Phi) is 4.01. The summed E-state index contributed by atoms with van der Waals surface area (Å²) in [5.41, 5.74) is 2.48. The first-order valence-electron chi connectivity index (χ1n) is 8.39. The number of H-pyrrole nitrogens is 1. The summed E-state index contributed by atoms with van der Waals surface area (Å²) in [7, 11) is 0. The molecular formula is C18H20N4O3. The van der Waals surface area contributed by atoms with Crippen LogP contribution in [0, 0.1) is 13.8 Å². The van der Waals surface area contributed by atoms with Gasteiger partial charge in [0.1, 0.15) is 5.76 Å². The second-order valence-corrected chi connectivity index (χ2v) is 6.38. The molecular weight excluding hydrogens is 320 g/mol. The van der Waals surface area contributed by atoms with Crippen molar-refractivity contribution >= 4 is 16.9 Å². The van der Waals surface area contributed by atoms with Crippen LogP contribution in [0.1, 0.15) is 23.4 Å². The van der Waals surface area contributed by atoms with Gasteiger partial charge in [-0.3, -0.25) is 9.78 Å². The highest BCUT2D eigenvalue weighted by Crippen LogP contribution is 2.21. The zero-order valence-electron chi connectivity index (χ0n) is 14.3. The predicted octanol–water partition coefficient (Wildman–Crippen LogP) is 2.32. The van der Waals surface area contributed by atoms with Crippen LogP contribution in [0.25, 0.3) is 10.9 Å². The highest BCUT2D eigenvalue weighted by Gasteiger charge is 2.26. The summed E-state index contributed by atoms with van der Waals surface area (Å²) < 4.78 is 11.2. The van der Waals surface area contributed by atoms with Crippen LogP contribution in [-0.2, 0) is 11.3 Å². The number of nitrogens with one attached hydrogen (secondary N) is 1. The molecule has 1 atom stereocenters. The number of ether oxygens (including phenoxy) is 1. The number of aromatic amines is 1. The second kappa shape index (κ2) is 6.33. The van der Waals surface area contributed by atoms with Gasteiger partial charge in [0.2, 0.25) is 5.95 Å². The van der Waals surface area contributed by atoms with Crippen molar-refractivity contribution in [3.05, 3.63) is 51.6 Å². The fraction of sp³-hybridized carbons (Fsp3) is 0.389. The molecule has 0 radical (unpaired) electrons. The maximum absolute atomic E-state index is 12.2. The maximum atomic E-state index is 12.2. The molecule has 0 saturated carbocycles. The molecule has 0 aliphatic carbocycles. The van der Waals surface area contributed by atoms with Gasteiger partial charge in [0, 0.05) is 18.7 Å². The first-order valence-corrected chi connectivity index (χ1v) is 8.39. The van der Waals surface area contributed by atoms with Gasteiger partial charge in [-0.2, -0.15) is 0 Å². The summed E-state index contributed by atoms with van der Waals surface area (Å²) in [4.78, 5) is 21.7. The van der Waals surface area contributed by atoms with Gasteiger partial charge in [-0.25, -0.2) is 4.98 Å². The van der Waals surface area contributed by atoms with E-state index >= 15 is 0 Å². The van der Waals surface area contributed by atoms with Crippen molar-refractivity contribution in [2.45, 2.75) is 33.0 Å². The lowest BCUT2D eigenvalue weighted by molar-refractivity contribution is 0.0544. The number of aryl methyl sites for hydroxylation is 2. The van der Waals surface area contributed by atoms with E-state index in [9.17, 15) is 4.79 Å². The summed E-state index contributed by atoms with van der Waals surface area (Å²) >= 11 is 0. The molecule has 0 bridgehead atoms. The lowest BCUT2D eigenvalue weighted by Crippen LogP contribution is -2.27. The zero-order valence-corrected chi connectivity index (χ0v) is 14.3. The van der Waals surface area contributed by atoms with Crippen molar-refractivity contribution in [2.24, 2.45) is 0 Å². The van der Waals surface area contributed by atoms with Crippen LogP contribution in [0.2, 0.25) is 0 Å². The number of fused-ring (bicyclic) bond motifs is 1. The Morgan fingerprint density at radius 3 is 3.00 bits per heavy atom. The Morgan fingerprint density at radius 1 is 1.36 bits per heavy atom. The molecule has 3 heterocycles. The lowest BCUT2D eigenvalue weighted by Gasteiger charge is -2.17. The van der Waals surface area contributed by atoms with E-state index in [1.165, 1.54) is 0 Å². The highest BCUT2D eigenvalue weighted by molar-refractivity contribution is 5.78. The average Bonchev–Trinajstić information content (AvgIpc) is 3.20. The Bertz CT molecular complexity index is 943. The molecule has 1 aromatic carbocycles. The van der Waals surface area contributed by atoms with Gasteiger partial charge >= 0.3 is 0 Å². The molecule has 1 unspecified atom stereocenters. The Morgan fingerprint density at radius 2 is 2.20 bits per heavy atom. The van der Waals surface area contributed by atoms with E-state index in [1.54, 1.807) is 6.07 Å². The summed E-state index contributed by atoms with van der Waals surface area (Å²) in [6.07, 6.45) is 0.977. The summed E-state index contributed by atoms with van der Waals surface area (Å²) in [5.74, 6) is 1.40. The number of benzene rings is 1. The number of rotatable bonds is 4. The minimum absolute atomic E-state index is 0.0884. The molecule has 0 spiro atoms. The maximum Gasteiger partial charge on any atom is 0.260 e. The van der Waals surface area contributed by atoms with Crippen LogP contribution in [-0.4, -0.2) is 34.3 Å². The third kappa shape index (κ3) is 3.02. The van der Waals surface area contributed by atoms with E-state index in [2.05, 4.69) is 20.0 Å². The third-order valence-corrected chi connectivity index (χ3v) is 4.69. The molecule has 7 heteroatoms. The number of nitrogens with zero attached hydrogens (tertiary/aromatic N) is 3. The Labute approximate surface area is 144 Å². The molecule has 25 heavy (non-hydrogen) atoms. The molecule has 1 fully saturated rings. The van der Waals surface area contributed by atoms with Gasteiger partial charge in [0.25, 0.3) is 5.56 Å².